The van der Waals surface area contributed by atoms with Crippen LogP contribution in [0, 0.1) is 17.8 Å². The summed E-state index contributed by atoms with van der Waals surface area (Å²) in [7, 11) is -2.34. The molecule has 0 saturated heterocycles. The maximum absolute atomic E-state index is 13.4. The lowest BCUT2D eigenvalue weighted by Gasteiger charge is -2.46. The fourth-order valence-electron chi connectivity index (χ4n) is 7.52. The third-order valence-electron chi connectivity index (χ3n) is 10.3. The third-order valence-corrected chi connectivity index (χ3v) is 12.4. The molecule has 4 aliphatic rings. The normalized spacial score (nSPS) is 32.8. The summed E-state index contributed by atoms with van der Waals surface area (Å²) in [5.41, 5.74) is 3.32. The number of aliphatic hydroxyl groups is 1. The molecule has 1 amide bonds. The average Bonchev–Trinajstić information content (AvgIpc) is 3.12. The van der Waals surface area contributed by atoms with Crippen molar-refractivity contribution in [2.24, 2.45) is 17.8 Å². The van der Waals surface area contributed by atoms with E-state index in [0.29, 0.717) is 37.2 Å². The first kappa shape index (κ1) is 30.4. The van der Waals surface area contributed by atoms with Gasteiger partial charge in [-0.25, -0.2) is 13.1 Å². The van der Waals surface area contributed by atoms with Gasteiger partial charge in [0.1, 0.15) is 5.75 Å². The van der Waals surface area contributed by atoms with Gasteiger partial charge < -0.3 is 19.5 Å². The first-order valence-electron chi connectivity index (χ1n) is 15.3. The summed E-state index contributed by atoms with van der Waals surface area (Å²) < 4.78 is 41.3. The lowest BCUT2D eigenvalue weighted by Crippen LogP contribution is -2.49. The molecule has 43 heavy (non-hydrogen) atoms. The zero-order valence-corrected chi connectivity index (χ0v) is 26.4. The third kappa shape index (κ3) is 5.81. The molecule has 2 heterocycles. The van der Waals surface area contributed by atoms with E-state index in [-0.39, 0.29) is 23.7 Å². The van der Waals surface area contributed by atoms with E-state index in [0.717, 1.165) is 49.4 Å². The van der Waals surface area contributed by atoms with Crippen LogP contribution in [0.1, 0.15) is 60.5 Å². The van der Waals surface area contributed by atoms with E-state index < -0.39 is 27.1 Å². The Morgan fingerprint density at radius 3 is 2.79 bits per heavy atom. The van der Waals surface area contributed by atoms with Crippen LogP contribution in [0.5, 0.6) is 5.75 Å². The van der Waals surface area contributed by atoms with Crippen molar-refractivity contribution in [3.05, 3.63) is 70.3 Å². The molecule has 2 bridgehead atoms. The SMILES string of the molecule is CO[C@H]1/C=C/C[C@H](CO)[C@@H](C)S(=O)(=O)NC(=O)c2ccc3c(c2)N(C[C@@H]2CC[C@H]21)C[C@@]1(CCCc2cc(Cl)ccc21)CO3. The Morgan fingerprint density at radius 2 is 2.05 bits per heavy atom. The van der Waals surface area contributed by atoms with Gasteiger partial charge in [0, 0.05) is 48.7 Å². The Bertz CT molecular complexity index is 1510. The molecule has 2 aliphatic carbocycles. The first-order valence-corrected chi connectivity index (χ1v) is 17.2. The van der Waals surface area contributed by atoms with Gasteiger partial charge in [0.15, 0.2) is 0 Å². The van der Waals surface area contributed by atoms with Gasteiger partial charge in [0.25, 0.3) is 5.91 Å². The molecule has 10 heteroatoms. The fraction of sp³-hybridized carbons (Fsp3) is 0.545. The minimum atomic E-state index is -4.06. The van der Waals surface area contributed by atoms with Gasteiger partial charge >= 0.3 is 0 Å². The smallest absolute Gasteiger partial charge is 0.264 e. The largest absolute Gasteiger partial charge is 0.490 e. The van der Waals surface area contributed by atoms with E-state index in [9.17, 15) is 18.3 Å². The molecule has 232 valence electrons. The number of ether oxygens (including phenoxy) is 2. The molecular weight excluding hydrogens is 588 g/mol. The standard InChI is InChI=1S/C33H41ClN2O6S/c1-21-25(18-37)5-3-7-30(41-2)27-11-8-24(27)17-36-19-33(14-4-6-22-15-26(34)10-12-28(22)33)20-42-31-13-9-23(16-29(31)36)32(38)35-43(21,39)40/h3,7,9-10,12-13,15-16,21,24-25,27,30,37H,4-6,8,11,14,17-20H2,1-2H3,(H,35,38)/b7-3+/t21-,24+,25-,27-,30+,33+/m1/s1. The predicted molar refractivity (Wildman–Crippen MR) is 167 cm³/mol. The van der Waals surface area contributed by atoms with E-state index in [1.807, 2.05) is 18.2 Å². The molecule has 2 aromatic carbocycles. The van der Waals surface area contributed by atoms with Crippen LogP contribution in [-0.4, -0.2) is 64.2 Å². The number of methoxy groups -OCH3 is 1. The molecule has 1 fully saturated rings. The zero-order chi connectivity index (χ0) is 30.4. The number of rotatable bonds is 2. The Kier molecular flexibility index (Phi) is 8.54. The second kappa shape index (κ2) is 12.1. The topological polar surface area (TPSA) is 105 Å². The van der Waals surface area contributed by atoms with Gasteiger partial charge in [-0.05, 0) is 98.7 Å². The van der Waals surface area contributed by atoms with Gasteiger partial charge in [-0.2, -0.15) is 0 Å². The lowest BCUT2D eigenvalue weighted by molar-refractivity contribution is 0.0131. The van der Waals surface area contributed by atoms with Crippen molar-refractivity contribution in [3.63, 3.8) is 0 Å². The Labute approximate surface area is 259 Å². The Morgan fingerprint density at radius 1 is 1.21 bits per heavy atom. The number of aryl methyl sites for hydroxylation is 1. The van der Waals surface area contributed by atoms with Gasteiger partial charge in [-0.3, -0.25) is 4.79 Å². The number of nitrogens with zero attached hydrogens (tertiary/aromatic N) is 1. The maximum atomic E-state index is 13.4. The van der Waals surface area contributed by atoms with Crippen LogP contribution < -0.4 is 14.4 Å². The number of amides is 1. The molecule has 2 N–H and O–H groups in total. The summed E-state index contributed by atoms with van der Waals surface area (Å²) >= 11 is 6.40. The molecule has 0 unspecified atom stereocenters. The first-order chi connectivity index (χ1) is 20.6. The number of aliphatic hydroxyl groups excluding tert-OH is 1. The predicted octanol–water partition coefficient (Wildman–Crippen LogP) is 4.87. The number of allylic oxidation sites excluding steroid dienone is 1. The molecule has 1 saturated carbocycles. The highest BCUT2D eigenvalue weighted by Crippen LogP contribution is 2.47. The van der Waals surface area contributed by atoms with Crippen molar-refractivity contribution in [2.75, 3.05) is 38.3 Å². The average molecular weight is 629 g/mol. The van der Waals surface area contributed by atoms with Crippen molar-refractivity contribution >= 4 is 33.2 Å². The molecule has 0 aromatic heterocycles. The quantitative estimate of drug-likeness (QED) is 0.457. The van der Waals surface area contributed by atoms with Crippen LogP contribution in [0.2, 0.25) is 5.02 Å². The summed E-state index contributed by atoms with van der Waals surface area (Å²) in [5.74, 6) is 0.0990. The van der Waals surface area contributed by atoms with Crippen molar-refractivity contribution in [2.45, 2.75) is 62.2 Å². The highest BCUT2D eigenvalue weighted by atomic mass is 35.5. The van der Waals surface area contributed by atoms with Crippen molar-refractivity contribution in [3.8, 4) is 5.75 Å². The Hall–Kier alpha value is -2.59. The number of benzene rings is 2. The van der Waals surface area contributed by atoms with Gasteiger partial charge in [-0.1, -0.05) is 29.8 Å². The summed E-state index contributed by atoms with van der Waals surface area (Å²) in [5, 5.41) is 9.78. The highest BCUT2D eigenvalue weighted by Gasteiger charge is 2.44. The van der Waals surface area contributed by atoms with Gasteiger partial charge in [0.2, 0.25) is 10.0 Å². The number of carbonyl (C=O) groups is 1. The molecule has 6 rings (SSSR count). The molecule has 2 aromatic rings. The molecule has 6 atom stereocenters. The van der Waals surface area contributed by atoms with E-state index in [1.165, 1.54) is 18.1 Å². The molecule has 0 radical (unpaired) electrons. The van der Waals surface area contributed by atoms with E-state index in [1.54, 1.807) is 25.3 Å². The minimum Gasteiger partial charge on any atom is -0.490 e. The lowest BCUT2D eigenvalue weighted by atomic mass is 9.68. The van der Waals surface area contributed by atoms with E-state index in [2.05, 4.69) is 21.8 Å². The molecule has 1 spiro atoms. The Balaban J connectivity index is 1.43. The second-order valence-corrected chi connectivity index (χ2v) is 15.3. The summed E-state index contributed by atoms with van der Waals surface area (Å²) in [6.07, 6.45) is 9.27. The maximum Gasteiger partial charge on any atom is 0.264 e. The number of fused-ring (bicyclic) bond motifs is 4. The monoisotopic (exact) mass is 628 g/mol. The number of anilines is 1. The van der Waals surface area contributed by atoms with Gasteiger partial charge in [-0.15, -0.1) is 0 Å². The van der Waals surface area contributed by atoms with E-state index in [4.69, 9.17) is 21.1 Å². The summed E-state index contributed by atoms with van der Waals surface area (Å²) in [6, 6.07) is 11.4. The fourth-order valence-corrected chi connectivity index (χ4v) is 8.99. The van der Waals surface area contributed by atoms with Crippen LogP contribution in [0.4, 0.5) is 5.69 Å². The van der Waals surface area contributed by atoms with Crippen LogP contribution in [0.3, 0.4) is 0 Å². The van der Waals surface area contributed by atoms with Crippen LogP contribution in [0.25, 0.3) is 0 Å². The molecule has 2 aliphatic heterocycles. The molecular formula is C33H41ClN2O6S. The molecule has 8 nitrogen and oxygen atoms in total. The number of hydrogen-bond acceptors (Lipinski definition) is 7. The van der Waals surface area contributed by atoms with Crippen LogP contribution in [-0.2, 0) is 26.6 Å². The number of halogens is 1. The number of hydrogen-bond donors (Lipinski definition) is 2. The minimum absolute atomic E-state index is 0.113. The van der Waals surface area contributed by atoms with Crippen LogP contribution in [0.15, 0.2) is 48.6 Å². The summed E-state index contributed by atoms with van der Waals surface area (Å²) in [4.78, 5) is 15.7. The number of carbonyl (C=O) groups excluding carboxylic acids is 1. The number of nitrogens with one attached hydrogen (secondary N) is 1. The number of sulfonamides is 1. The zero-order valence-electron chi connectivity index (χ0n) is 24.8. The second-order valence-electron chi connectivity index (χ2n) is 12.8. The van der Waals surface area contributed by atoms with Gasteiger partial charge in [0.05, 0.1) is 23.6 Å². The summed E-state index contributed by atoms with van der Waals surface area (Å²) in [6.45, 7) is 3.20. The van der Waals surface area contributed by atoms with Crippen molar-refractivity contribution in [1.82, 2.24) is 4.72 Å². The van der Waals surface area contributed by atoms with Crippen LogP contribution >= 0.6 is 11.6 Å². The van der Waals surface area contributed by atoms with Crippen molar-refractivity contribution < 1.29 is 27.8 Å². The highest BCUT2D eigenvalue weighted by molar-refractivity contribution is 7.90. The van der Waals surface area contributed by atoms with E-state index >= 15 is 0 Å². The van der Waals surface area contributed by atoms with Crippen molar-refractivity contribution in [1.29, 1.82) is 0 Å².